The Morgan fingerprint density at radius 3 is 2.88 bits per heavy atom. The smallest absolute Gasteiger partial charge is 0.0456 e. The molecule has 2 aromatic heterocycles. The van der Waals surface area contributed by atoms with E-state index in [2.05, 4.69) is 53.8 Å². The van der Waals surface area contributed by atoms with E-state index in [1.165, 1.54) is 26.9 Å². The second-order valence-corrected chi connectivity index (χ2v) is 5.06. The molecule has 0 aliphatic rings. The number of para-hydroxylation sites is 1. The van der Waals surface area contributed by atoms with Crippen molar-refractivity contribution in [2.75, 3.05) is 0 Å². The van der Waals surface area contributed by atoms with Crippen molar-refractivity contribution in [3.8, 4) is 0 Å². The molecule has 0 saturated carbocycles. The van der Waals surface area contributed by atoms with Crippen LogP contribution in [0, 0.1) is 6.92 Å². The minimum atomic E-state index is 1.04. The first-order valence-electron chi connectivity index (χ1n) is 5.42. The molecule has 2 heterocycles. The van der Waals surface area contributed by atoms with E-state index in [4.69, 9.17) is 0 Å². The maximum Gasteiger partial charge on any atom is 0.0456 e. The van der Waals surface area contributed by atoms with Gasteiger partial charge in [-0.05, 0) is 35.6 Å². The monoisotopic (exact) mass is 227 g/mol. The van der Waals surface area contributed by atoms with E-state index < -0.39 is 0 Å². The highest BCUT2D eigenvalue weighted by molar-refractivity contribution is 7.10. The average Bonchev–Trinajstić information content (AvgIpc) is 2.88. The maximum absolute atomic E-state index is 3.32. The van der Waals surface area contributed by atoms with Gasteiger partial charge in [0.2, 0.25) is 0 Å². The number of fused-ring (bicyclic) bond motifs is 1. The number of thiophene rings is 1. The zero-order chi connectivity index (χ0) is 11.0. The number of hydrogen-bond acceptors (Lipinski definition) is 1. The van der Waals surface area contributed by atoms with E-state index in [1.54, 1.807) is 0 Å². The van der Waals surface area contributed by atoms with Gasteiger partial charge in [0, 0.05) is 28.4 Å². The molecule has 80 valence electrons. The van der Waals surface area contributed by atoms with Crippen molar-refractivity contribution in [2.24, 2.45) is 0 Å². The molecule has 16 heavy (non-hydrogen) atoms. The second kappa shape index (κ2) is 3.80. The minimum Gasteiger partial charge on any atom is -0.361 e. The van der Waals surface area contributed by atoms with Crippen molar-refractivity contribution in [1.82, 2.24) is 4.98 Å². The number of aromatic amines is 1. The van der Waals surface area contributed by atoms with E-state index in [0.29, 0.717) is 0 Å². The van der Waals surface area contributed by atoms with Crippen LogP contribution in [0.3, 0.4) is 0 Å². The van der Waals surface area contributed by atoms with Crippen LogP contribution < -0.4 is 0 Å². The molecule has 3 aromatic rings. The fourth-order valence-electron chi connectivity index (χ4n) is 2.04. The van der Waals surface area contributed by atoms with Gasteiger partial charge in [-0.1, -0.05) is 18.2 Å². The van der Waals surface area contributed by atoms with Crippen LogP contribution >= 0.6 is 11.3 Å². The van der Waals surface area contributed by atoms with Crippen molar-refractivity contribution in [3.05, 3.63) is 57.9 Å². The summed E-state index contributed by atoms with van der Waals surface area (Å²) >= 11 is 1.84. The van der Waals surface area contributed by atoms with Crippen LogP contribution in [-0.2, 0) is 6.42 Å². The molecule has 1 nitrogen and oxygen atoms in total. The topological polar surface area (TPSA) is 15.8 Å². The van der Waals surface area contributed by atoms with E-state index in [1.807, 2.05) is 11.3 Å². The first-order valence-corrected chi connectivity index (χ1v) is 6.30. The second-order valence-electron chi connectivity index (χ2n) is 4.06. The third-order valence-electron chi connectivity index (χ3n) is 2.99. The van der Waals surface area contributed by atoms with Gasteiger partial charge in [-0.15, -0.1) is 11.3 Å². The zero-order valence-electron chi connectivity index (χ0n) is 9.16. The number of rotatable bonds is 2. The molecular weight excluding hydrogens is 214 g/mol. The van der Waals surface area contributed by atoms with Gasteiger partial charge in [-0.25, -0.2) is 0 Å². The van der Waals surface area contributed by atoms with Crippen LogP contribution in [0.5, 0.6) is 0 Å². The van der Waals surface area contributed by atoms with Gasteiger partial charge in [0.25, 0.3) is 0 Å². The van der Waals surface area contributed by atoms with Gasteiger partial charge in [-0.3, -0.25) is 0 Å². The van der Waals surface area contributed by atoms with Crippen molar-refractivity contribution in [2.45, 2.75) is 13.3 Å². The fraction of sp³-hybridized carbons (Fsp3) is 0.143. The molecule has 0 fully saturated rings. The summed E-state index contributed by atoms with van der Waals surface area (Å²) in [4.78, 5) is 4.79. The van der Waals surface area contributed by atoms with E-state index >= 15 is 0 Å². The SMILES string of the molecule is Cc1ccsc1Cc1c[nH]c2ccccc12. The van der Waals surface area contributed by atoms with Gasteiger partial charge in [0.1, 0.15) is 0 Å². The standard InChI is InChI=1S/C14H13NS/c1-10-6-7-16-14(10)8-11-9-15-13-5-3-2-4-12(11)13/h2-7,9,15H,8H2,1H3. The normalized spacial score (nSPS) is 11.1. The summed E-state index contributed by atoms with van der Waals surface area (Å²) in [6, 6.07) is 10.7. The number of H-pyrrole nitrogens is 1. The van der Waals surface area contributed by atoms with Gasteiger partial charge in [0.15, 0.2) is 0 Å². The molecule has 0 bridgehead atoms. The van der Waals surface area contributed by atoms with Gasteiger partial charge >= 0.3 is 0 Å². The number of nitrogens with one attached hydrogen (secondary N) is 1. The van der Waals surface area contributed by atoms with E-state index in [-0.39, 0.29) is 0 Å². The Balaban J connectivity index is 2.04. The fourth-order valence-corrected chi connectivity index (χ4v) is 2.97. The predicted octanol–water partition coefficient (Wildman–Crippen LogP) is 4.13. The Kier molecular flexibility index (Phi) is 2.29. The highest BCUT2D eigenvalue weighted by Crippen LogP contribution is 2.24. The van der Waals surface area contributed by atoms with Gasteiger partial charge < -0.3 is 4.98 Å². The molecule has 0 unspecified atom stereocenters. The van der Waals surface area contributed by atoms with Crippen LogP contribution in [-0.4, -0.2) is 4.98 Å². The van der Waals surface area contributed by atoms with E-state index in [0.717, 1.165) is 6.42 Å². The summed E-state index contributed by atoms with van der Waals surface area (Å²) in [5.74, 6) is 0. The molecule has 1 aromatic carbocycles. The molecule has 2 heteroatoms. The first kappa shape index (κ1) is 9.67. The van der Waals surface area contributed by atoms with Crippen LogP contribution in [0.2, 0.25) is 0 Å². The Hall–Kier alpha value is -1.54. The molecule has 0 saturated heterocycles. The largest absolute Gasteiger partial charge is 0.361 e. The van der Waals surface area contributed by atoms with Crippen molar-refractivity contribution in [3.63, 3.8) is 0 Å². The predicted molar refractivity (Wildman–Crippen MR) is 70.2 cm³/mol. The third-order valence-corrected chi connectivity index (χ3v) is 4.02. The van der Waals surface area contributed by atoms with Crippen LogP contribution in [0.25, 0.3) is 10.9 Å². The molecule has 0 aliphatic carbocycles. The highest BCUT2D eigenvalue weighted by atomic mass is 32.1. The number of hydrogen-bond donors (Lipinski definition) is 1. The molecule has 0 spiro atoms. The number of aryl methyl sites for hydroxylation is 1. The lowest BCUT2D eigenvalue weighted by molar-refractivity contribution is 1.22. The molecule has 0 atom stereocenters. The van der Waals surface area contributed by atoms with Gasteiger partial charge in [-0.2, -0.15) is 0 Å². The quantitative estimate of drug-likeness (QED) is 0.677. The Morgan fingerprint density at radius 1 is 1.19 bits per heavy atom. The summed E-state index contributed by atoms with van der Waals surface area (Å²) in [5.41, 5.74) is 4.02. The third kappa shape index (κ3) is 1.55. The summed E-state index contributed by atoms with van der Waals surface area (Å²) in [6.07, 6.45) is 3.16. The van der Waals surface area contributed by atoms with Crippen LogP contribution in [0.4, 0.5) is 0 Å². The Bertz CT molecular complexity index is 618. The Morgan fingerprint density at radius 2 is 2.06 bits per heavy atom. The summed E-state index contributed by atoms with van der Waals surface area (Å²) in [6.45, 7) is 2.18. The number of aromatic nitrogens is 1. The molecule has 1 N–H and O–H groups in total. The summed E-state index contributed by atoms with van der Waals surface area (Å²) in [5, 5.41) is 3.51. The molecule has 0 aliphatic heterocycles. The molecule has 0 radical (unpaired) electrons. The van der Waals surface area contributed by atoms with Crippen molar-refractivity contribution >= 4 is 22.2 Å². The Labute approximate surface area is 98.7 Å². The number of benzene rings is 1. The lowest BCUT2D eigenvalue weighted by Crippen LogP contribution is -1.84. The molecule has 3 rings (SSSR count). The summed E-state index contributed by atoms with van der Waals surface area (Å²) in [7, 11) is 0. The van der Waals surface area contributed by atoms with Crippen LogP contribution in [0.15, 0.2) is 41.9 Å². The average molecular weight is 227 g/mol. The van der Waals surface area contributed by atoms with Crippen molar-refractivity contribution < 1.29 is 0 Å². The zero-order valence-corrected chi connectivity index (χ0v) is 9.97. The summed E-state index contributed by atoms with van der Waals surface area (Å²) < 4.78 is 0. The van der Waals surface area contributed by atoms with Crippen LogP contribution in [0.1, 0.15) is 16.0 Å². The highest BCUT2D eigenvalue weighted by Gasteiger charge is 2.06. The van der Waals surface area contributed by atoms with Crippen molar-refractivity contribution in [1.29, 1.82) is 0 Å². The first-order chi connectivity index (χ1) is 7.84. The lowest BCUT2D eigenvalue weighted by Gasteiger charge is -1.98. The van der Waals surface area contributed by atoms with E-state index in [9.17, 15) is 0 Å². The van der Waals surface area contributed by atoms with Gasteiger partial charge in [0.05, 0.1) is 0 Å². The minimum absolute atomic E-state index is 1.04. The molecular formula is C14H13NS. The lowest BCUT2D eigenvalue weighted by atomic mass is 10.1. The maximum atomic E-state index is 3.32. The molecule has 0 amide bonds.